The predicted octanol–water partition coefficient (Wildman–Crippen LogP) is 4.15. The average molecular weight is 311 g/mol. The van der Waals surface area contributed by atoms with E-state index >= 15 is 0 Å². The fourth-order valence-corrected chi connectivity index (χ4v) is 3.19. The summed E-state index contributed by atoms with van der Waals surface area (Å²) < 4.78 is 11.8. The van der Waals surface area contributed by atoms with Gasteiger partial charge >= 0.3 is 5.97 Å². The Bertz CT molecular complexity index is 424. The highest BCUT2D eigenvalue weighted by molar-refractivity contribution is 6.74. The Kier molecular flexibility index (Phi) is 7.42. The average Bonchev–Trinajstić information content (AvgIpc) is 2.30. The second-order valence-electron chi connectivity index (χ2n) is 6.94. The molecule has 0 fully saturated rings. The minimum atomic E-state index is -1.92. The van der Waals surface area contributed by atoms with Gasteiger partial charge in [-0.05, 0) is 38.1 Å². The van der Waals surface area contributed by atoms with Gasteiger partial charge < -0.3 is 9.16 Å². The molecule has 21 heavy (non-hydrogen) atoms. The molecule has 3 nitrogen and oxygen atoms in total. The Labute approximate surface area is 131 Å². The van der Waals surface area contributed by atoms with Crippen molar-refractivity contribution in [2.45, 2.75) is 71.9 Å². The Morgan fingerprint density at radius 3 is 2.19 bits per heavy atom. The van der Waals surface area contributed by atoms with E-state index in [2.05, 4.69) is 52.3 Å². The molecule has 0 aromatic rings. The summed E-state index contributed by atoms with van der Waals surface area (Å²) in [6.07, 6.45) is 0.980. The van der Waals surface area contributed by atoms with Crippen molar-refractivity contribution in [2.75, 3.05) is 0 Å². The van der Waals surface area contributed by atoms with Gasteiger partial charge in [0.25, 0.3) is 0 Å². The lowest BCUT2D eigenvalue weighted by molar-refractivity contribution is -0.153. The largest absolute Gasteiger partial charge is 0.459 e. The maximum Gasteiger partial charge on any atom is 0.303 e. The van der Waals surface area contributed by atoms with Crippen molar-refractivity contribution in [3.63, 3.8) is 0 Å². The molecule has 4 heteroatoms. The molecule has 3 atom stereocenters. The maximum atomic E-state index is 11.4. The first-order valence-corrected chi connectivity index (χ1v) is 10.3. The van der Waals surface area contributed by atoms with Gasteiger partial charge in [0.1, 0.15) is 6.10 Å². The van der Waals surface area contributed by atoms with E-state index < -0.39 is 8.32 Å². The van der Waals surface area contributed by atoms with Crippen molar-refractivity contribution in [3.05, 3.63) is 12.7 Å². The van der Waals surface area contributed by atoms with E-state index in [1.165, 1.54) is 6.92 Å². The first-order valence-electron chi connectivity index (χ1n) is 7.39. The van der Waals surface area contributed by atoms with Gasteiger partial charge in [-0.15, -0.1) is 0 Å². The van der Waals surface area contributed by atoms with E-state index in [9.17, 15) is 4.79 Å². The Balaban J connectivity index is 5.16. The highest BCUT2D eigenvalue weighted by atomic mass is 28.4. The minimum Gasteiger partial charge on any atom is -0.459 e. The number of ether oxygens (including phenoxy) is 1. The van der Waals surface area contributed by atoms with E-state index in [0.717, 1.165) is 0 Å². The van der Waals surface area contributed by atoms with Gasteiger partial charge in [-0.25, -0.2) is 0 Å². The second kappa shape index (κ2) is 7.81. The quantitative estimate of drug-likeness (QED) is 0.435. The van der Waals surface area contributed by atoms with Crippen LogP contribution in [-0.4, -0.2) is 26.5 Å². The standard InChI is InChI=1S/C17H30O3Si/c1-10-11-12-13(2)16(19-15(4)18)14(3)20-21(8,9)17(5,6)7/h10,13-14,16H,1H2,2-9H3/t13-,14+,16-/m1/s1. The molecule has 0 saturated carbocycles. The fourth-order valence-electron chi connectivity index (χ4n) is 1.78. The third-order valence-electron chi connectivity index (χ3n) is 3.96. The van der Waals surface area contributed by atoms with Crippen LogP contribution in [-0.2, 0) is 14.0 Å². The fraction of sp³-hybridized carbons (Fsp3) is 0.706. The second-order valence-corrected chi connectivity index (χ2v) is 11.7. The van der Waals surface area contributed by atoms with Crippen LogP contribution in [0, 0.1) is 17.8 Å². The van der Waals surface area contributed by atoms with Gasteiger partial charge in [-0.2, -0.15) is 0 Å². The van der Waals surface area contributed by atoms with Crippen molar-refractivity contribution in [1.82, 2.24) is 0 Å². The van der Waals surface area contributed by atoms with Crippen LogP contribution < -0.4 is 0 Å². The number of esters is 1. The van der Waals surface area contributed by atoms with Crippen LogP contribution in [0.15, 0.2) is 12.7 Å². The van der Waals surface area contributed by atoms with Crippen molar-refractivity contribution in [3.8, 4) is 11.8 Å². The maximum absolute atomic E-state index is 11.4. The molecular weight excluding hydrogens is 280 g/mol. The van der Waals surface area contributed by atoms with E-state index in [1.54, 1.807) is 6.08 Å². The molecule has 0 aliphatic rings. The SMILES string of the molecule is C=CC#C[C@@H](C)[C@@H](OC(C)=O)[C@H](C)O[Si](C)(C)C(C)(C)C. The molecule has 0 amide bonds. The zero-order valence-electron chi connectivity index (χ0n) is 14.7. The van der Waals surface area contributed by atoms with Crippen LogP contribution in [0.5, 0.6) is 0 Å². The summed E-state index contributed by atoms with van der Waals surface area (Å²) >= 11 is 0. The smallest absolute Gasteiger partial charge is 0.303 e. The van der Waals surface area contributed by atoms with Crippen molar-refractivity contribution in [2.24, 2.45) is 5.92 Å². The molecule has 0 bridgehead atoms. The number of carbonyl (C=O) groups is 1. The third kappa shape index (κ3) is 6.49. The number of hydrogen-bond acceptors (Lipinski definition) is 3. The zero-order valence-corrected chi connectivity index (χ0v) is 15.7. The molecule has 0 N–H and O–H groups in total. The van der Waals surface area contributed by atoms with Crippen LogP contribution in [0.3, 0.4) is 0 Å². The molecule has 0 radical (unpaired) electrons. The molecule has 0 rings (SSSR count). The Morgan fingerprint density at radius 2 is 1.81 bits per heavy atom. The minimum absolute atomic E-state index is 0.105. The number of hydrogen-bond donors (Lipinski definition) is 0. The summed E-state index contributed by atoms with van der Waals surface area (Å²) in [6.45, 7) is 19.8. The van der Waals surface area contributed by atoms with E-state index in [4.69, 9.17) is 9.16 Å². The molecular formula is C17H30O3Si. The number of allylic oxidation sites excluding steroid dienone is 1. The Morgan fingerprint density at radius 1 is 1.29 bits per heavy atom. The summed E-state index contributed by atoms with van der Waals surface area (Å²) in [7, 11) is -1.92. The molecule has 0 aromatic carbocycles. The first-order chi connectivity index (χ1) is 9.42. The third-order valence-corrected chi connectivity index (χ3v) is 8.53. The molecule has 0 aliphatic carbocycles. The van der Waals surface area contributed by atoms with Gasteiger partial charge in [0, 0.05) is 6.92 Å². The van der Waals surface area contributed by atoms with Crippen LogP contribution in [0.4, 0.5) is 0 Å². The van der Waals surface area contributed by atoms with Gasteiger partial charge in [-0.3, -0.25) is 4.79 Å². The van der Waals surface area contributed by atoms with E-state index in [-0.39, 0.29) is 29.1 Å². The summed E-state index contributed by atoms with van der Waals surface area (Å²) in [5.74, 6) is 5.45. The summed E-state index contributed by atoms with van der Waals surface area (Å²) in [5, 5.41) is 0.109. The molecule has 0 aromatic heterocycles. The van der Waals surface area contributed by atoms with Crippen LogP contribution in [0.2, 0.25) is 18.1 Å². The normalized spacial score (nSPS) is 16.2. The van der Waals surface area contributed by atoms with Crippen molar-refractivity contribution in [1.29, 1.82) is 0 Å². The van der Waals surface area contributed by atoms with Gasteiger partial charge in [0.15, 0.2) is 8.32 Å². The molecule has 0 unspecified atom stereocenters. The van der Waals surface area contributed by atoms with E-state index in [0.29, 0.717) is 0 Å². The zero-order chi connectivity index (χ0) is 16.8. The van der Waals surface area contributed by atoms with Crippen LogP contribution >= 0.6 is 0 Å². The molecule has 0 spiro atoms. The van der Waals surface area contributed by atoms with Crippen LogP contribution in [0.1, 0.15) is 41.5 Å². The van der Waals surface area contributed by atoms with E-state index in [1.807, 2.05) is 13.8 Å². The topological polar surface area (TPSA) is 35.5 Å². The van der Waals surface area contributed by atoms with Crippen molar-refractivity contribution < 1.29 is 14.0 Å². The molecule has 0 saturated heterocycles. The lowest BCUT2D eigenvalue weighted by Crippen LogP contribution is -2.48. The summed E-state index contributed by atoms with van der Waals surface area (Å²) in [5.41, 5.74) is 0. The van der Waals surface area contributed by atoms with Crippen LogP contribution in [0.25, 0.3) is 0 Å². The summed E-state index contributed by atoms with van der Waals surface area (Å²) in [4.78, 5) is 11.4. The first kappa shape index (κ1) is 19.9. The van der Waals surface area contributed by atoms with Gasteiger partial charge in [0.2, 0.25) is 0 Å². The molecule has 0 heterocycles. The van der Waals surface area contributed by atoms with Crippen molar-refractivity contribution >= 4 is 14.3 Å². The summed E-state index contributed by atoms with van der Waals surface area (Å²) in [6, 6.07) is 0. The van der Waals surface area contributed by atoms with Gasteiger partial charge in [-0.1, -0.05) is 39.2 Å². The predicted molar refractivity (Wildman–Crippen MR) is 90.4 cm³/mol. The number of carbonyl (C=O) groups excluding carboxylic acids is 1. The lowest BCUT2D eigenvalue weighted by Gasteiger charge is -2.40. The molecule has 120 valence electrons. The highest BCUT2D eigenvalue weighted by Crippen LogP contribution is 2.38. The lowest BCUT2D eigenvalue weighted by atomic mass is 10.0. The Hall–Kier alpha value is -1.05. The number of rotatable bonds is 5. The molecule has 0 aliphatic heterocycles. The monoisotopic (exact) mass is 310 g/mol. The van der Waals surface area contributed by atoms with Gasteiger partial charge in [0.05, 0.1) is 12.0 Å². The highest BCUT2D eigenvalue weighted by Gasteiger charge is 2.41.